The fraction of sp³-hybridized carbons (Fsp3) is 0.192. The molecule has 0 aromatic heterocycles. The lowest BCUT2D eigenvalue weighted by atomic mass is 10.1. The summed E-state index contributed by atoms with van der Waals surface area (Å²) < 4.78 is 0. The maximum atomic E-state index is 13.2. The molecule has 3 amide bonds. The Hall–Kier alpha value is -3.84. The Balaban J connectivity index is 1.49. The van der Waals surface area contributed by atoms with E-state index in [1.807, 2.05) is 48.2 Å². The smallest absolute Gasteiger partial charge is 0.320 e. The molecule has 1 saturated heterocycles. The molecule has 1 heterocycles. The maximum Gasteiger partial charge on any atom is 0.320 e. The lowest BCUT2D eigenvalue weighted by Gasteiger charge is -2.22. The van der Waals surface area contributed by atoms with E-state index in [-0.39, 0.29) is 5.91 Å². The molecule has 174 valence electrons. The van der Waals surface area contributed by atoms with Crippen LogP contribution >= 0.6 is 11.6 Å². The summed E-state index contributed by atoms with van der Waals surface area (Å²) in [5.74, 6) is 0.249. The molecule has 0 bridgehead atoms. The summed E-state index contributed by atoms with van der Waals surface area (Å²) in [5.41, 5.74) is 3.78. The molecule has 0 saturated carbocycles. The molecule has 34 heavy (non-hydrogen) atoms. The highest BCUT2D eigenvalue weighted by atomic mass is 35.5. The Labute approximate surface area is 203 Å². The molecule has 4 rings (SSSR count). The minimum Gasteiger partial charge on any atom is -0.330 e. The van der Waals surface area contributed by atoms with Crippen molar-refractivity contribution in [1.29, 1.82) is 5.41 Å². The fourth-order valence-corrected chi connectivity index (χ4v) is 4.09. The lowest BCUT2D eigenvalue weighted by Crippen LogP contribution is -2.39. The SMILES string of the molecule is Cc1cc(NC(=O)C(NC(=O)Nc2ccc(Cl)cc2)c2ccccc2)ccc1N1CCCC1=N. The van der Waals surface area contributed by atoms with Gasteiger partial charge in [0.15, 0.2) is 0 Å². The summed E-state index contributed by atoms with van der Waals surface area (Å²) in [7, 11) is 0. The van der Waals surface area contributed by atoms with Crippen LogP contribution in [0.3, 0.4) is 0 Å². The van der Waals surface area contributed by atoms with Gasteiger partial charge in [-0.25, -0.2) is 4.79 Å². The van der Waals surface area contributed by atoms with Gasteiger partial charge in [-0.3, -0.25) is 10.2 Å². The van der Waals surface area contributed by atoms with Crippen LogP contribution in [0.4, 0.5) is 21.9 Å². The number of anilines is 3. The van der Waals surface area contributed by atoms with Crippen LogP contribution in [0, 0.1) is 12.3 Å². The van der Waals surface area contributed by atoms with E-state index in [9.17, 15) is 9.59 Å². The number of amidine groups is 1. The number of nitrogens with zero attached hydrogens (tertiary/aromatic N) is 1. The van der Waals surface area contributed by atoms with Crippen molar-refractivity contribution in [2.45, 2.75) is 25.8 Å². The Morgan fingerprint density at radius 2 is 1.68 bits per heavy atom. The summed E-state index contributed by atoms with van der Waals surface area (Å²) in [6.45, 7) is 2.79. The van der Waals surface area contributed by atoms with Crippen LogP contribution in [0.1, 0.15) is 30.0 Å². The average molecular weight is 476 g/mol. The molecular weight excluding hydrogens is 450 g/mol. The number of hydrogen-bond acceptors (Lipinski definition) is 3. The van der Waals surface area contributed by atoms with Crippen LogP contribution in [0.15, 0.2) is 72.8 Å². The first kappa shape index (κ1) is 23.3. The van der Waals surface area contributed by atoms with Gasteiger partial charge >= 0.3 is 6.03 Å². The van der Waals surface area contributed by atoms with Gasteiger partial charge in [0.1, 0.15) is 11.9 Å². The van der Waals surface area contributed by atoms with Crippen LogP contribution in [-0.4, -0.2) is 24.3 Å². The number of carbonyl (C=O) groups excluding carboxylic acids is 2. The number of rotatable bonds is 6. The number of hydrogen-bond donors (Lipinski definition) is 4. The molecule has 3 aromatic carbocycles. The minimum atomic E-state index is -0.903. The van der Waals surface area contributed by atoms with E-state index in [2.05, 4.69) is 16.0 Å². The van der Waals surface area contributed by atoms with Crippen molar-refractivity contribution in [2.24, 2.45) is 0 Å². The second-order valence-electron chi connectivity index (χ2n) is 8.14. The van der Waals surface area contributed by atoms with Gasteiger partial charge < -0.3 is 20.9 Å². The third-order valence-corrected chi connectivity index (χ3v) is 5.90. The lowest BCUT2D eigenvalue weighted by molar-refractivity contribution is -0.118. The number of benzene rings is 3. The number of nitrogens with one attached hydrogen (secondary N) is 4. The van der Waals surface area contributed by atoms with Crippen LogP contribution in [-0.2, 0) is 4.79 Å². The summed E-state index contributed by atoms with van der Waals surface area (Å²) >= 11 is 5.90. The van der Waals surface area contributed by atoms with Crippen LogP contribution in [0.2, 0.25) is 5.02 Å². The normalized spacial score (nSPS) is 13.9. The number of aryl methyl sites for hydroxylation is 1. The van der Waals surface area contributed by atoms with E-state index in [1.54, 1.807) is 36.4 Å². The molecule has 0 aliphatic carbocycles. The van der Waals surface area contributed by atoms with Gasteiger partial charge in [-0.05, 0) is 66.9 Å². The van der Waals surface area contributed by atoms with Crippen molar-refractivity contribution in [1.82, 2.24) is 5.32 Å². The highest BCUT2D eigenvalue weighted by Crippen LogP contribution is 2.28. The highest BCUT2D eigenvalue weighted by Gasteiger charge is 2.24. The molecule has 1 aliphatic rings. The monoisotopic (exact) mass is 475 g/mol. The van der Waals surface area contributed by atoms with Gasteiger partial charge in [0.2, 0.25) is 0 Å². The predicted molar refractivity (Wildman–Crippen MR) is 137 cm³/mol. The largest absolute Gasteiger partial charge is 0.330 e. The Morgan fingerprint density at radius 1 is 0.971 bits per heavy atom. The van der Waals surface area contributed by atoms with Crippen molar-refractivity contribution in [3.8, 4) is 0 Å². The van der Waals surface area contributed by atoms with Gasteiger partial charge in [0, 0.05) is 35.1 Å². The van der Waals surface area contributed by atoms with Gasteiger partial charge in [0.25, 0.3) is 5.91 Å². The number of carbonyl (C=O) groups is 2. The van der Waals surface area contributed by atoms with Gasteiger partial charge in [-0.1, -0.05) is 41.9 Å². The Morgan fingerprint density at radius 3 is 2.32 bits per heavy atom. The molecule has 1 fully saturated rings. The van der Waals surface area contributed by atoms with Crippen LogP contribution in [0.5, 0.6) is 0 Å². The zero-order chi connectivity index (χ0) is 24.1. The van der Waals surface area contributed by atoms with Crippen LogP contribution in [0.25, 0.3) is 0 Å². The molecule has 3 aromatic rings. The van der Waals surface area contributed by atoms with E-state index in [0.29, 0.717) is 27.8 Å². The first-order valence-corrected chi connectivity index (χ1v) is 11.4. The fourth-order valence-electron chi connectivity index (χ4n) is 3.97. The molecule has 7 nitrogen and oxygen atoms in total. The first-order chi connectivity index (χ1) is 16.4. The molecule has 4 N–H and O–H groups in total. The quantitative estimate of drug-likeness (QED) is 0.366. The number of urea groups is 1. The van der Waals surface area contributed by atoms with Crippen molar-refractivity contribution in [3.05, 3.63) is 88.9 Å². The van der Waals surface area contributed by atoms with E-state index in [4.69, 9.17) is 17.0 Å². The van der Waals surface area contributed by atoms with E-state index in [1.165, 1.54) is 0 Å². The molecular formula is C26H26ClN5O2. The van der Waals surface area contributed by atoms with Crippen molar-refractivity contribution >= 4 is 46.4 Å². The summed E-state index contributed by atoms with van der Waals surface area (Å²) in [6, 6.07) is 20.0. The molecule has 0 radical (unpaired) electrons. The Kier molecular flexibility index (Phi) is 7.13. The summed E-state index contributed by atoms with van der Waals surface area (Å²) in [6.07, 6.45) is 1.75. The summed E-state index contributed by atoms with van der Waals surface area (Å²) in [4.78, 5) is 27.9. The van der Waals surface area contributed by atoms with Gasteiger partial charge in [0.05, 0.1) is 0 Å². The minimum absolute atomic E-state index is 0.362. The molecule has 1 aliphatic heterocycles. The second kappa shape index (κ2) is 10.4. The van der Waals surface area contributed by atoms with E-state index >= 15 is 0 Å². The zero-order valence-corrected chi connectivity index (χ0v) is 19.5. The molecule has 8 heteroatoms. The van der Waals surface area contributed by atoms with Crippen molar-refractivity contribution < 1.29 is 9.59 Å². The summed E-state index contributed by atoms with van der Waals surface area (Å²) in [5, 5.41) is 17.1. The van der Waals surface area contributed by atoms with E-state index in [0.717, 1.165) is 30.6 Å². The van der Waals surface area contributed by atoms with Gasteiger partial charge in [-0.2, -0.15) is 0 Å². The molecule has 0 spiro atoms. The van der Waals surface area contributed by atoms with Crippen molar-refractivity contribution in [2.75, 3.05) is 22.1 Å². The third kappa shape index (κ3) is 5.55. The van der Waals surface area contributed by atoms with Crippen LogP contribution < -0.4 is 20.9 Å². The standard InChI is InChI=1S/C26H26ClN5O2/c1-17-16-21(13-14-22(17)32-15-5-8-23(32)28)29-25(33)24(18-6-3-2-4-7-18)31-26(34)30-20-11-9-19(27)10-12-20/h2-4,6-7,9-14,16,24,28H,5,8,15H2,1H3,(H,29,33)(H2,30,31,34). The maximum absolute atomic E-state index is 13.2. The average Bonchev–Trinajstić information content (AvgIpc) is 3.25. The van der Waals surface area contributed by atoms with Crippen molar-refractivity contribution in [3.63, 3.8) is 0 Å². The number of halogens is 1. The van der Waals surface area contributed by atoms with Gasteiger partial charge in [-0.15, -0.1) is 0 Å². The zero-order valence-electron chi connectivity index (χ0n) is 18.8. The third-order valence-electron chi connectivity index (χ3n) is 5.65. The van der Waals surface area contributed by atoms with E-state index < -0.39 is 12.1 Å². The molecule has 1 unspecified atom stereocenters. The predicted octanol–water partition coefficient (Wildman–Crippen LogP) is 5.73. The number of amides is 3. The second-order valence-corrected chi connectivity index (χ2v) is 8.58. The Bertz CT molecular complexity index is 1200. The highest BCUT2D eigenvalue weighted by molar-refractivity contribution is 6.30. The topological polar surface area (TPSA) is 97.3 Å². The molecule has 1 atom stereocenters. The first-order valence-electron chi connectivity index (χ1n) is 11.1.